The summed E-state index contributed by atoms with van der Waals surface area (Å²) in [7, 11) is -3.85. The molecule has 0 aliphatic carbocycles. The Kier molecular flexibility index (Phi) is 6.61. The smallest absolute Gasteiger partial charge is 0.245 e. The number of halogens is 1. The molecule has 1 saturated heterocycles. The van der Waals surface area contributed by atoms with Crippen molar-refractivity contribution >= 4 is 26.7 Å². The van der Waals surface area contributed by atoms with Gasteiger partial charge in [0.2, 0.25) is 10.0 Å². The van der Waals surface area contributed by atoms with Crippen LogP contribution in [-0.4, -0.2) is 59.1 Å². The molecular weight excluding hydrogens is 481 g/mol. The second kappa shape index (κ2) is 9.84. The minimum absolute atomic E-state index is 0.0921. The number of benzene rings is 2. The molecule has 9 nitrogen and oxygen atoms in total. The molecule has 1 aliphatic rings. The Bertz CT molecular complexity index is 1490. The molecule has 0 bridgehead atoms. The summed E-state index contributed by atoms with van der Waals surface area (Å²) >= 11 is 0. The molecule has 2 N–H and O–H groups in total. The first-order chi connectivity index (χ1) is 17.3. The van der Waals surface area contributed by atoms with Crippen LogP contribution in [0, 0.1) is 12.7 Å². The molecule has 1 aliphatic heterocycles. The molecule has 36 heavy (non-hydrogen) atoms. The van der Waals surface area contributed by atoms with E-state index in [0.717, 1.165) is 11.4 Å². The summed E-state index contributed by atoms with van der Waals surface area (Å²) < 4.78 is 42.6. The highest BCUT2D eigenvalue weighted by Gasteiger charge is 2.29. The predicted molar refractivity (Wildman–Crippen MR) is 135 cm³/mol. The van der Waals surface area contributed by atoms with Gasteiger partial charge in [-0.15, -0.1) is 0 Å². The van der Waals surface area contributed by atoms with Crippen LogP contribution in [0.4, 0.5) is 10.2 Å². The minimum atomic E-state index is -3.85. The van der Waals surface area contributed by atoms with Crippen molar-refractivity contribution in [2.45, 2.75) is 24.8 Å². The molecule has 1 unspecified atom stereocenters. The van der Waals surface area contributed by atoms with Gasteiger partial charge in [-0.1, -0.05) is 12.1 Å². The molecule has 1 atom stereocenters. The van der Waals surface area contributed by atoms with Gasteiger partial charge in [0, 0.05) is 31.6 Å². The van der Waals surface area contributed by atoms with Crippen molar-refractivity contribution in [3.05, 3.63) is 72.1 Å². The van der Waals surface area contributed by atoms with Crippen molar-refractivity contribution < 1.29 is 12.8 Å². The third-order valence-corrected chi connectivity index (χ3v) is 8.10. The monoisotopic (exact) mass is 507 g/mol. The van der Waals surface area contributed by atoms with Gasteiger partial charge in [-0.25, -0.2) is 22.8 Å². The van der Waals surface area contributed by atoms with E-state index in [9.17, 15) is 12.8 Å². The molecule has 0 spiro atoms. The van der Waals surface area contributed by atoms with Gasteiger partial charge in [0.05, 0.1) is 22.9 Å². The number of rotatable bonds is 6. The van der Waals surface area contributed by atoms with Crippen molar-refractivity contribution in [1.82, 2.24) is 29.8 Å². The number of fused-ring (bicyclic) bond motifs is 1. The Hall–Kier alpha value is -3.54. The number of sulfonamides is 1. The average Bonchev–Trinajstić information content (AvgIpc) is 2.89. The lowest BCUT2D eigenvalue weighted by molar-refractivity contribution is 0.360. The van der Waals surface area contributed by atoms with Gasteiger partial charge in [0.15, 0.2) is 0 Å². The zero-order chi connectivity index (χ0) is 25.3. The highest BCUT2D eigenvalue weighted by Crippen LogP contribution is 2.34. The van der Waals surface area contributed by atoms with Crippen LogP contribution in [0.5, 0.6) is 0 Å². The summed E-state index contributed by atoms with van der Waals surface area (Å²) in [4.78, 5) is 8.90. The van der Waals surface area contributed by atoms with Gasteiger partial charge in [-0.2, -0.15) is 14.5 Å². The maximum atomic E-state index is 13.8. The summed E-state index contributed by atoms with van der Waals surface area (Å²) in [5, 5.41) is 15.4. The lowest BCUT2D eigenvalue weighted by atomic mass is 10.0. The lowest BCUT2D eigenvalue weighted by Gasteiger charge is -2.27. The van der Waals surface area contributed by atoms with Crippen LogP contribution < -0.4 is 10.6 Å². The fourth-order valence-corrected chi connectivity index (χ4v) is 5.82. The van der Waals surface area contributed by atoms with Crippen LogP contribution >= 0.6 is 0 Å². The summed E-state index contributed by atoms with van der Waals surface area (Å²) in [6.45, 7) is 5.67. The number of piperazine rings is 1. The van der Waals surface area contributed by atoms with Crippen LogP contribution in [0.1, 0.15) is 24.4 Å². The van der Waals surface area contributed by atoms with Crippen LogP contribution in [0.25, 0.3) is 22.0 Å². The van der Waals surface area contributed by atoms with Crippen molar-refractivity contribution in [3.8, 4) is 11.1 Å². The molecule has 2 aromatic heterocycles. The number of aryl methyl sites for hydroxylation is 1. The summed E-state index contributed by atoms with van der Waals surface area (Å²) in [5.41, 5.74) is 3.15. The standard InChI is InChI=1S/C25H26FN7O2S/c1-16-3-8-22(32-31-16)17(2)30-25-21-13-19(18-4-6-20(26)7-5-18)14-23(24(21)28-15-29-25)36(34,35)33-11-9-27-10-12-33/h3-8,13-15,17,27H,9-12H2,1-2H3,(H,28,29,30). The summed E-state index contributed by atoms with van der Waals surface area (Å²) in [5.74, 6) is 0.0996. The average molecular weight is 508 g/mol. The van der Waals surface area contributed by atoms with E-state index in [1.54, 1.807) is 18.2 Å². The molecule has 1 fully saturated rings. The first-order valence-corrected chi connectivity index (χ1v) is 13.1. The van der Waals surface area contributed by atoms with Crippen molar-refractivity contribution in [3.63, 3.8) is 0 Å². The molecule has 186 valence electrons. The van der Waals surface area contributed by atoms with Crippen molar-refractivity contribution in [1.29, 1.82) is 0 Å². The first-order valence-electron chi connectivity index (χ1n) is 11.7. The largest absolute Gasteiger partial charge is 0.361 e. The van der Waals surface area contributed by atoms with Gasteiger partial charge in [-0.3, -0.25) is 0 Å². The maximum absolute atomic E-state index is 13.8. The molecule has 11 heteroatoms. The van der Waals surface area contributed by atoms with E-state index in [4.69, 9.17) is 0 Å². The lowest BCUT2D eigenvalue weighted by Crippen LogP contribution is -2.46. The zero-order valence-electron chi connectivity index (χ0n) is 19.9. The van der Waals surface area contributed by atoms with Gasteiger partial charge in [0.1, 0.15) is 22.9 Å². The second-order valence-corrected chi connectivity index (χ2v) is 10.6. The number of hydrogen-bond acceptors (Lipinski definition) is 8. The van der Waals surface area contributed by atoms with E-state index >= 15 is 0 Å². The zero-order valence-corrected chi connectivity index (χ0v) is 20.8. The van der Waals surface area contributed by atoms with Gasteiger partial charge in [-0.05, 0) is 61.4 Å². The second-order valence-electron chi connectivity index (χ2n) is 8.72. The normalized spacial score (nSPS) is 15.6. The molecule has 5 rings (SSSR count). The Morgan fingerprint density at radius 1 is 1.00 bits per heavy atom. The quantitative estimate of drug-likeness (QED) is 0.409. The van der Waals surface area contributed by atoms with E-state index in [1.807, 2.05) is 32.0 Å². The van der Waals surface area contributed by atoms with Crippen LogP contribution in [-0.2, 0) is 10.0 Å². The van der Waals surface area contributed by atoms with E-state index in [2.05, 4.69) is 30.8 Å². The highest BCUT2D eigenvalue weighted by atomic mass is 32.2. The van der Waals surface area contributed by atoms with E-state index in [1.165, 1.54) is 22.8 Å². The van der Waals surface area contributed by atoms with E-state index in [-0.39, 0.29) is 16.8 Å². The third-order valence-electron chi connectivity index (χ3n) is 6.19. The number of aromatic nitrogens is 4. The van der Waals surface area contributed by atoms with Gasteiger partial charge in [0.25, 0.3) is 0 Å². The first kappa shape index (κ1) is 24.2. The Morgan fingerprint density at radius 3 is 2.44 bits per heavy atom. The van der Waals surface area contributed by atoms with Crippen molar-refractivity contribution in [2.75, 3.05) is 31.5 Å². The number of hydrogen-bond donors (Lipinski definition) is 2. The minimum Gasteiger partial charge on any atom is -0.361 e. The molecule has 0 amide bonds. The fraction of sp³-hybridized carbons (Fsp3) is 0.280. The van der Waals surface area contributed by atoms with E-state index in [0.29, 0.717) is 54.0 Å². The van der Waals surface area contributed by atoms with Crippen LogP contribution in [0.2, 0.25) is 0 Å². The van der Waals surface area contributed by atoms with E-state index < -0.39 is 10.0 Å². The fourth-order valence-electron chi connectivity index (χ4n) is 4.20. The summed E-state index contributed by atoms with van der Waals surface area (Å²) in [6.07, 6.45) is 1.35. The number of nitrogens with zero attached hydrogens (tertiary/aromatic N) is 5. The Labute approximate surface area is 208 Å². The summed E-state index contributed by atoms with van der Waals surface area (Å²) in [6, 6.07) is 12.9. The molecule has 0 saturated carbocycles. The maximum Gasteiger partial charge on any atom is 0.245 e. The van der Waals surface area contributed by atoms with Gasteiger partial charge >= 0.3 is 0 Å². The molecule has 4 aromatic rings. The van der Waals surface area contributed by atoms with Crippen molar-refractivity contribution in [2.24, 2.45) is 0 Å². The molecule has 0 radical (unpaired) electrons. The number of anilines is 1. The molecular formula is C25H26FN7O2S. The van der Waals surface area contributed by atoms with Crippen LogP contribution in [0.15, 0.2) is 59.8 Å². The SMILES string of the molecule is Cc1ccc(C(C)Nc2ncnc3c(S(=O)(=O)N4CCNCC4)cc(-c4ccc(F)cc4)cc23)nn1. The van der Waals surface area contributed by atoms with Gasteiger partial charge < -0.3 is 10.6 Å². The molecule has 3 heterocycles. The Morgan fingerprint density at radius 2 is 1.75 bits per heavy atom. The third kappa shape index (κ3) is 4.77. The molecule has 2 aromatic carbocycles. The van der Waals surface area contributed by atoms with Crippen LogP contribution in [0.3, 0.4) is 0 Å². The number of nitrogens with one attached hydrogen (secondary N) is 2. The topological polar surface area (TPSA) is 113 Å². The Balaban J connectivity index is 1.66. The predicted octanol–water partition coefficient (Wildman–Crippen LogP) is 3.30. The highest BCUT2D eigenvalue weighted by molar-refractivity contribution is 7.89.